The first-order valence-electron chi connectivity index (χ1n) is 8.14. The van der Waals surface area contributed by atoms with Crippen molar-refractivity contribution in [3.63, 3.8) is 0 Å². The van der Waals surface area contributed by atoms with Crippen LogP contribution in [0, 0.1) is 0 Å². The van der Waals surface area contributed by atoms with E-state index < -0.39 is 59.4 Å². The molecule has 0 fully saturated rings. The zero-order valence-corrected chi connectivity index (χ0v) is 16.4. The van der Waals surface area contributed by atoms with E-state index in [2.05, 4.69) is 4.74 Å². The molecule has 0 aromatic rings. The summed E-state index contributed by atoms with van der Waals surface area (Å²) in [4.78, 5) is 11.4. The van der Waals surface area contributed by atoms with Crippen LogP contribution >= 0.6 is 0 Å². The molecule has 0 aliphatic heterocycles. The van der Waals surface area contributed by atoms with Crippen molar-refractivity contribution in [2.24, 2.45) is 0 Å². The number of carbonyl (C=O) groups is 1. The first-order chi connectivity index (χ1) is 14.5. The van der Waals surface area contributed by atoms with Crippen LogP contribution in [0.2, 0.25) is 0 Å². The molecule has 19 heteroatoms. The standard InChI is InChI=1S/C15H11F17O2/c1-4-5(2)6(3)7(33)34-15(31,32)13(26,27)11(22,23)9(18,19)8(16,17)10(20,21)12(24,25)14(28,29)30/h4H2,1-3H3. The summed E-state index contributed by atoms with van der Waals surface area (Å²) in [5.74, 6) is -53.5. The fourth-order valence-electron chi connectivity index (χ4n) is 1.85. The number of ether oxygens (including phenoxy) is 1. The number of hydrogen-bond acceptors (Lipinski definition) is 2. The van der Waals surface area contributed by atoms with Crippen LogP contribution in [-0.2, 0) is 9.53 Å². The van der Waals surface area contributed by atoms with Crippen molar-refractivity contribution in [2.45, 2.75) is 75.0 Å². The minimum Gasteiger partial charge on any atom is -0.393 e. The summed E-state index contributed by atoms with van der Waals surface area (Å²) in [6.07, 6.45) is -15.2. The predicted octanol–water partition coefficient (Wildman–Crippen LogP) is 7.24. The van der Waals surface area contributed by atoms with Gasteiger partial charge in [0.15, 0.2) is 0 Å². The lowest BCUT2D eigenvalue weighted by Crippen LogP contribution is -2.74. The van der Waals surface area contributed by atoms with Crippen LogP contribution in [0.5, 0.6) is 0 Å². The molecule has 0 saturated heterocycles. The lowest BCUT2D eigenvalue weighted by molar-refractivity contribution is -0.473. The summed E-state index contributed by atoms with van der Waals surface area (Å²) >= 11 is 0. The smallest absolute Gasteiger partial charge is 0.393 e. The average Bonchev–Trinajstić information content (AvgIpc) is 2.64. The number of esters is 1. The van der Waals surface area contributed by atoms with Crippen LogP contribution in [0.3, 0.4) is 0 Å². The van der Waals surface area contributed by atoms with E-state index in [1.807, 2.05) is 0 Å². The van der Waals surface area contributed by atoms with Crippen molar-refractivity contribution in [1.82, 2.24) is 0 Å². The van der Waals surface area contributed by atoms with Crippen LogP contribution < -0.4 is 0 Å². The second kappa shape index (κ2) is 8.60. The molecule has 0 atom stereocenters. The Labute approximate surface area is 177 Å². The van der Waals surface area contributed by atoms with E-state index in [9.17, 15) is 79.4 Å². The Morgan fingerprint density at radius 2 is 0.853 bits per heavy atom. The highest BCUT2D eigenvalue weighted by Gasteiger charge is 2.95. The van der Waals surface area contributed by atoms with Crippen LogP contribution in [-0.4, -0.2) is 53.8 Å². The van der Waals surface area contributed by atoms with Crippen molar-refractivity contribution in [1.29, 1.82) is 0 Å². The van der Waals surface area contributed by atoms with E-state index in [4.69, 9.17) is 0 Å². The summed E-state index contributed by atoms with van der Waals surface area (Å²) < 4.78 is 225. The number of allylic oxidation sites excluding steroid dienone is 1. The van der Waals surface area contributed by atoms with Crippen molar-refractivity contribution >= 4 is 5.97 Å². The lowest BCUT2D eigenvalue weighted by atomic mass is 9.90. The monoisotopic (exact) mass is 546 g/mol. The molecule has 0 bridgehead atoms. The second-order valence-electron chi connectivity index (χ2n) is 6.61. The SMILES string of the molecule is CCC(C)=C(C)C(=O)OC(F)(F)C(F)(F)C(F)(F)C(F)(F)C(F)(F)C(F)(F)C(F)(F)C(F)(F)F. The molecule has 0 aliphatic carbocycles. The third-order valence-corrected chi connectivity index (χ3v) is 4.39. The molecule has 202 valence electrons. The van der Waals surface area contributed by atoms with Crippen molar-refractivity contribution in [3.05, 3.63) is 11.1 Å². The summed E-state index contributed by atoms with van der Waals surface area (Å²) in [5.41, 5.74) is -1.24. The molecule has 0 spiro atoms. The number of rotatable bonds is 9. The topological polar surface area (TPSA) is 26.3 Å². The lowest BCUT2D eigenvalue weighted by Gasteiger charge is -2.42. The molecule has 0 unspecified atom stereocenters. The Balaban J connectivity index is 6.69. The van der Waals surface area contributed by atoms with Gasteiger partial charge >= 0.3 is 53.8 Å². The van der Waals surface area contributed by atoms with Crippen molar-refractivity contribution < 1.29 is 84.2 Å². The normalized spacial score (nSPS) is 16.4. The van der Waals surface area contributed by atoms with Gasteiger partial charge in [0.1, 0.15) is 0 Å². The number of alkyl halides is 17. The quantitative estimate of drug-likeness (QED) is 0.173. The average molecular weight is 546 g/mol. The van der Waals surface area contributed by atoms with E-state index >= 15 is 0 Å². The Bertz CT molecular complexity index is 806. The van der Waals surface area contributed by atoms with E-state index in [-0.39, 0.29) is 12.0 Å². The number of hydrogen-bond donors (Lipinski definition) is 0. The molecular formula is C15H11F17O2. The van der Waals surface area contributed by atoms with Crippen LogP contribution in [0.1, 0.15) is 27.2 Å². The third-order valence-electron chi connectivity index (χ3n) is 4.39. The maximum Gasteiger partial charge on any atom is 0.473 e. The zero-order valence-electron chi connectivity index (χ0n) is 16.4. The molecule has 0 aromatic heterocycles. The first-order valence-corrected chi connectivity index (χ1v) is 8.14. The fourth-order valence-corrected chi connectivity index (χ4v) is 1.85. The molecule has 0 N–H and O–H groups in total. The molecule has 34 heavy (non-hydrogen) atoms. The van der Waals surface area contributed by atoms with Gasteiger partial charge in [0.25, 0.3) is 0 Å². The highest BCUT2D eigenvalue weighted by atomic mass is 19.4. The summed E-state index contributed by atoms with van der Waals surface area (Å²) in [5, 5.41) is 0. The van der Waals surface area contributed by atoms with E-state index in [1.165, 1.54) is 6.92 Å². The highest BCUT2D eigenvalue weighted by Crippen LogP contribution is 2.64. The van der Waals surface area contributed by atoms with Crippen LogP contribution in [0.15, 0.2) is 11.1 Å². The summed E-state index contributed by atoms with van der Waals surface area (Å²) in [6.45, 7) is 2.77. The van der Waals surface area contributed by atoms with Gasteiger partial charge in [0, 0.05) is 5.57 Å². The van der Waals surface area contributed by atoms with Crippen LogP contribution in [0.25, 0.3) is 0 Å². The predicted molar refractivity (Wildman–Crippen MR) is 75.4 cm³/mol. The van der Waals surface area contributed by atoms with E-state index in [0.29, 0.717) is 6.92 Å². The number of carbonyl (C=O) groups excluding carboxylic acids is 1. The molecule has 0 rings (SSSR count). The van der Waals surface area contributed by atoms with Crippen LogP contribution in [0.4, 0.5) is 74.6 Å². The maximum absolute atomic E-state index is 13.6. The zero-order chi connectivity index (χ0) is 28.1. The van der Waals surface area contributed by atoms with Gasteiger partial charge in [-0.2, -0.15) is 74.6 Å². The van der Waals surface area contributed by atoms with Gasteiger partial charge in [-0.3, -0.25) is 0 Å². The second-order valence-corrected chi connectivity index (χ2v) is 6.61. The van der Waals surface area contributed by atoms with Gasteiger partial charge < -0.3 is 4.74 Å². The summed E-state index contributed by atoms with van der Waals surface area (Å²) in [7, 11) is 0. The first kappa shape index (κ1) is 32.0. The van der Waals surface area contributed by atoms with E-state index in [1.54, 1.807) is 0 Å². The third kappa shape index (κ3) is 4.37. The van der Waals surface area contributed by atoms with Crippen molar-refractivity contribution in [2.75, 3.05) is 0 Å². The maximum atomic E-state index is 13.6. The van der Waals surface area contributed by atoms with Crippen molar-refractivity contribution in [3.8, 4) is 0 Å². The van der Waals surface area contributed by atoms with Gasteiger partial charge in [-0.1, -0.05) is 12.5 Å². The van der Waals surface area contributed by atoms with Gasteiger partial charge in [-0.25, -0.2) is 4.79 Å². The van der Waals surface area contributed by atoms with Gasteiger partial charge in [-0.05, 0) is 20.3 Å². The van der Waals surface area contributed by atoms with Gasteiger partial charge in [0.05, 0.1) is 0 Å². The Morgan fingerprint density at radius 3 is 1.15 bits per heavy atom. The molecule has 0 heterocycles. The summed E-state index contributed by atoms with van der Waals surface area (Å²) in [6, 6.07) is 0. The minimum atomic E-state index is -8.74. The van der Waals surface area contributed by atoms with Gasteiger partial charge in [-0.15, -0.1) is 0 Å². The Hall–Kier alpha value is -1.98. The largest absolute Gasteiger partial charge is 0.473 e. The molecule has 0 saturated carbocycles. The Kier molecular flexibility index (Phi) is 8.10. The molecule has 2 nitrogen and oxygen atoms in total. The number of halogens is 17. The molecule has 0 amide bonds. The molecule has 0 aromatic carbocycles. The highest BCUT2D eigenvalue weighted by molar-refractivity contribution is 5.88. The van der Waals surface area contributed by atoms with Gasteiger partial charge in [0.2, 0.25) is 0 Å². The fraction of sp³-hybridized carbons (Fsp3) is 0.800. The molecule has 0 aliphatic rings. The van der Waals surface area contributed by atoms with E-state index in [0.717, 1.165) is 6.92 Å². The molecule has 0 radical (unpaired) electrons. The molecular weight excluding hydrogens is 535 g/mol. The minimum absolute atomic E-state index is 0.189. The Morgan fingerprint density at radius 1 is 0.559 bits per heavy atom.